The van der Waals surface area contributed by atoms with Crippen LogP contribution in [0.5, 0.6) is 0 Å². The maximum Gasteiger partial charge on any atom is 0.255 e. The number of carbonyl (C=O) groups is 1. The first-order valence-electron chi connectivity index (χ1n) is 12.2. The van der Waals surface area contributed by atoms with E-state index in [0.717, 1.165) is 49.6 Å². The molecule has 0 N–H and O–H groups in total. The number of hydrogen-bond acceptors (Lipinski definition) is 2. The zero-order valence-corrected chi connectivity index (χ0v) is 20.0. The summed E-state index contributed by atoms with van der Waals surface area (Å²) in [5.74, 6) is 2.15. The van der Waals surface area contributed by atoms with Crippen LogP contribution in [0.4, 0.5) is 0 Å². The van der Waals surface area contributed by atoms with Gasteiger partial charge in [0.25, 0.3) is 5.91 Å². The summed E-state index contributed by atoms with van der Waals surface area (Å²) < 4.78 is 4.28. The highest BCUT2D eigenvalue weighted by molar-refractivity contribution is 5.97. The number of piperidine rings is 1. The molecule has 34 heavy (non-hydrogen) atoms. The Morgan fingerprint density at radius 3 is 2.35 bits per heavy atom. The Morgan fingerprint density at radius 1 is 0.941 bits per heavy atom. The Hall–Kier alpha value is -3.60. The van der Waals surface area contributed by atoms with E-state index in [9.17, 15) is 4.79 Å². The summed E-state index contributed by atoms with van der Waals surface area (Å²) in [6, 6.07) is 20.7. The van der Waals surface area contributed by atoms with Crippen LogP contribution in [0.3, 0.4) is 0 Å². The fourth-order valence-electron chi connectivity index (χ4n) is 4.90. The van der Waals surface area contributed by atoms with Crippen molar-refractivity contribution in [2.24, 2.45) is 0 Å². The normalized spacial score (nSPS) is 14.6. The van der Waals surface area contributed by atoms with Crippen molar-refractivity contribution in [1.29, 1.82) is 0 Å². The third-order valence-electron chi connectivity index (χ3n) is 6.91. The van der Waals surface area contributed by atoms with E-state index in [0.29, 0.717) is 11.8 Å². The van der Waals surface area contributed by atoms with E-state index in [2.05, 4.69) is 48.9 Å². The summed E-state index contributed by atoms with van der Waals surface area (Å²) >= 11 is 0. The Labute approximate surface area is 201 Å². The molecule has 174 valence electrons. The molecule has 0 radical (unpaired) electrons. The van der Waals surface area contributed by atoms with Gasteiger partial charge in [-0.25, -0.2) is 4.98 Å². The molecule has 2 aromatic heterocycles. The molecular weight excluding hydrogens is 420 g/mol. The minimum Gasteiger partial charge on any atom is -0.339 e. The number of para-hydroxylation sites is 1. The first-order valence-corrected chi connectivity index (χ1v) is 12.2. The highest BCUT2D eigenvalue weighted by Gasteiger charge is 2.28. The number of carbonyl (C=O) groups excluding carboxylic acids is 1. The van der Waals surface area contributed by atoms with Gasteiger partial charge in [0.05, 0.1) is 11.3 Å². The van der Waals surface area contributed by atoms with E-state index in [1.807, 2.05) is 64.5 Å². The first-order chi connectivity index (χ1) is 16.6. The maximum absolute atomic E-state index is 13.4. The number of rotatable bonds is 6. The zero-order chi connectivity index (χ0) is 23.5. The average Bonchev–Trinajstić information content (AvgIpc) is 3.57. The molecule has 5 nitrogen and oxygen atoms in total. The van der Waals surface area contributed by atoms with Gasteiger partial charge in [-0.1, -0.05) is 50.2 Å². The molecule has 0 unspecified atom stereocenters. The van der Waals surface area contributed by atoms with E-state index in [1.54, 1.807) is 0 Å². The molecule has 1 saturated heterocycles. The summed E-state index contributed by atoms with van der Waals surface area (Å²) in [6.07, 6.45) is 9.81. The third-order valence-corrected chi connectivity index (χ3v) is 6.91. The molecule has 1 fully saturated rings. The van der Waals surface area contributed by atoms with Gasteiger partial charge in [0.2, 0.25) is 0 Å². The SMILES string of the molecule is CC(C)c1ccc(Cn2ccnc2C2CCN(C(=O)c3ccccc3-n3cccc3)CC2)cc1. The number of imidazole rings is 1. The molecule has 0 saturated carbocycles. The van der Waals surface area contributed by atoms with Gasteiger partial charge in [0.1, 0.15) is 5.82 Å². The number of benzene rings is 2. The van der Waals surface area contributed by atoms with Crippen molar-refractivity contribution in [1.82, 2.24) is 19.0 Å². The van der Waals surface area contributed by atoms with Gasteiger partial charge in [-0.15, -0.1) is 0 Å². The van der Waals surface area contributed by atoms with E-state index in [-0.39, 0.29) is 5.91 Å². The highest BCUT2D eigenvalue weighted by Crippen LogP contribution is 2.29. The lowest BCUT2D eigenvalue weighted by atomic mass is 9.95. The largest absolute Gasteiger partial charge is 0.339 e. The molecule has 5 rings (SSSR count). The quantitative estimate of drug-likeness (QED) is 0.367. The smallest absolute Gasteiger partial charge is 0.255 e. The third kappa shape index (κ3) is 4.56. The van der Waals surface area contributed by atoms with Crippen molar-refractivity contribution < 1.29 is 4.79 Å². The van der Waals surface area contributed by atoms with Gasteiger partial charge in [0.15, 0.2) is 0 Å². The van der Waals surface area contributed by atoms with Gasteiger partial charge in [-0.3, -0.25) is 4.79 Å². The molecule has 0 aliphatic carbocycles. The van der Waals surface area contributed by atoms with Crippen LogP contribution in [-0.4, -0.2) is 38.0 Å². The van der Waals surface area contributed by atoms with Crippen molar-refractivity contribution in [3.8, 4) is 5.69 Å². The Balaban J connectivity index is 1.25. The molecule has 4 aromatic rings. The number of nitrogens with zero attached hydrogens (tertiary/aromatic N) is 4. The number of amides is 1. The molecule has 0 spiro atoms. The standard InChI is InChI=1S/C29H32N4O/c1-22(2)24-11-9-23(10-12-24)21-33-20-15-30-28(33)25-13-18-32(19-14-25)29(34)26-7-3-4-8-27(26)31-16-5-6-17-31/h3-12,15-17,20,22,25H,13-14,18-19,21H2,1-2H3. The molecule has 3 heterocycles. The van der Waals surface area contributed by atoms with Crippen LogP contribution >= 0.6 is 0 Å². The van der Waals surface area contributed by atoms with Crippen LogP contribution in [0.25, 0.3) is 5.69 Å². The molecule has 5 heteroatoms. The number of aromatic nitrogens is 3. The lowest BCUT2D eigenvalue weighted by Gasteiger charge is -2.32. The molecule has 0 atom stereocenters. The first kappa shape index (κ1) is 22.2. The van der Waals surface area contributed by atoms with E-state index >= 15 is 0 Å². The minimum atomic E-state index is 0.108. The molecule has 1 aliphatic rings. The van der Waals surface area contributed by atoms with Gasteiger partial charge in [-0.05, 0) is 54.2 Å². The van der Waals surface area contributed by atoms with Gasteiger partial charge in [-0.2, -0.15) is 0 Å². The van der Waals surface area contributed by atoms with Gasteiger partial charge < -0.3 is 14.0 Å². The average molecular weight is 453 g/mol. The van der Waals surface area contributed by atoms with Crippen LogP contribution in [-0.2, 0) is 6.54 Å². The van der Waals surface area contributed by atoms with Crippen molar-refractivity contribution in [2.75, 3.05) is 13.1 Å². The molecule has 0 bridgehead atoms. The van der Waals surface area contributed by atoms with Gasteiger partial charge in [0, 0.05) is 50.3 Å². The Morgan fingerprint density at radius 2 is 1.65 bits per heavy atom. The van der Waals surface area contributed by atoms with E-state index in [4.69, 9.17) is 4.98 Å². The van der Waals surface area contributed by atoms with Crippen LogP contribution < -0.4 is 0 Å². The topological polar surface area (TPSA) is 43.1 Å². The summed E-state index contributed by atoms with van der Waals surface area (Å²) in [4.78, 5) is 20.1. The molecule has 1 amide bonds. The van der Waals surface area contributed by atoms with Crippen LogP contribution in [0.2, 0.25) is 0 Å². The molecule has 2 aromatic carbocycles. The summed E-state index contributed by atoms with van der Waals surface area (Å²) in [7, 11) is 0. The lowest BCUT2D eigenvalue weighted by molar-refractivity contribution is 0.0710. The van der Waals surface area contributed by atoms with Crippen molar-refractivity contribution in [3.05, 3.63) is 108 Å². The second kappa shape index (κ2) is 9.72. The summed E-state index contributed by atoms with van der Waals surface area (Å²) in [6.45, 7) is 6.77. The van der Waals surface area contributed by atoms with Crippen molar-refractivity contribution in [2.45, 2.75) is 45.1 Å². The Kier molecular flexibility index (Phi) is 6.35. The highest BCUT2D eigenvalue weighted by atomic mass is 16.2. The van der Waals surface area contributed by atoms with Crippen molar-refractivity contribution in [3.63, 3.8) is 0 Å². The molecule has 1 aliphatic heterocycles. The molecular formula is C29H32N4O. The fourth-order valence-corrected chi connectivity index (χ4v) is 4.90. The predicted octanol–water partition coefficient (Wildman–Crippen LogP) is 5.87. The second-order valence-corrected chi connectivity index (χ2v) is 9.48. The van der Waals surface area contributed by atoms with Gasteiger partial charge >= 0.3 is 0 Å². The predicted molar refractivity (Wildman–Crippen MR) is 136 cm³/mol. The monoisotopic (exact) mass is 452 g/mol. The summed E-state index contributed by atoms with van der Waals surface area (Å²) in [5, 5.41) is 0. The lowest BCUT2D eigenvalue weighted by Crippen LogP contribution is -2.38. The second-order valence-electron chi connectivity index (χ2n) is 9.48. The minimum absolute atomic E-state index is 0.108. The van der Waals surface area contributed by atoms with Crippen LogP contribution in [0.15, 0.2) is 85.5 Å². The number of hydrogen-bond donors (Lipinski definition) is 0. The van der Waals surface area contributed by atoms with Crippen molar-refractivity contribution >= 4 is 5.91 Å². The van der Waals surface area contributed by atoms with Crippen LogP contribution in [0.1, 0.15) is 65.8 Å². The Bertz CT molecular complexity index is 1230. The summed E-state index contributed by atoms with van der Waals surface area (Å²) in [5.41, 5.74) is 4.34. The maximum atomic E-state index is 13.4. The van der Waals surface area contributed by atoms with E-state index < -0.39 is 0 Å². The van der Waals surface area contributed by atoms with E-state index in [1.165, 1.54) is 11.1 Å². The zero-order valence-electron chi connectivity index (χ0n) is 20.0. The fraction of sp³-hybridized carbons (Fsp3) is 0.310. The van der Waals surface area contributed by atoms with Crippen LogP contribution in [0, 0.1) is 0 Å². The number of likely N-dealkylation sites (tertiary alicyclic amines) is 1.